The van der Waals surface area contributed by atoms with Crippen molar-refractivity contribution < 1.29 is 37.1 Å². The molecule has 0 saturated carbocycles. The molecule has 5 rings (SSSR count). The number of ether oxygens (including phenoxy) is 3. The molecule has 10 nitrogen and oxygen atoms in total. The van der Waals surface area contributed by atoms with Crippen LogP contribution >= 0.6 is 11.3 Å². The predicted octanol–water partition coefficient (Wildman–Crippen LogP) is 5.92. The van der Waals surface area contributed by atoms with E-state index in [1.165, 1.54) is 16.7 Å². The van der Waals surface area contributed by atoms with Crippen LogP contribution in [0.3, 0.4) is 0 Å². The van der Waals surface area contributed by atoms with E-state index in [4.69, 9.17) is 14.2 Å². The number of carbonyl (C=O) groups is 1. The highest BCUT2D eigenvalue weighted by molar-refractivity contribution is 7.07. The number of nitro groups is 1. The molecule has 238 valence electrons. The number of fused-ring (bicyclic) bond motifs is 1. The zero-order valence-electron chi connectivity index (χ0n) is 24.7. The fraction of sp³-hybridized carbons (Fsp3) is 0.219. The fourth-order valence-electron chi connectivity index (χ4n) is 4.90. The Morgan fingerprint density at radius 1 is 1.04 bits per heavy atom. The zero-order chi connectivity index (χ0) is 33.2. The SMILES string of the molecule is CCOC(=O)C1=C(C)N=c2s/c(=C/c3ccc(Oc4ccc(C(F)(F)F)cc4[N+](=O)[O-])c(OCC)c3)c(=O)n2[C@@H]1c1ccccc1. The summed E-state index contributed by atoms with van der Waals surface area (Å²) in [6.45, 7) is 5.40. The van der Waals surface area contributed by atoms with Gasteiger partial charge < -0.3 is 14.2 Å². The molecule has 0 N–H and O–H groups in total. The maximum atomic E-state index is 13.9. The van der Waals surface area contributed by atoms with E-state index in [1.54, 1.807) is 32.9 Å². The van der Waals surface area contributed by atoms with Gasteiger partial charge in [0.05, 0.1) is 45.5 Å². The quantitative estimate of drug-likeness (QED) is 0.125. The number of thiazole rings is 1. The van der Waals surface area contributed by atoms with Crippen LogP contribution in [0.1, 0.15) is 43.5 Å². The molecule has 1 aliphatic heterocycles. The lowest BCUT2D eigenvalue weighted by Crippen LogP contribution is -2.39. The van der Waals surface area contributed by atoms with Crippen molar-refractivity contribution in [2.75, 3.05) is 13.2 Å². The Balaban J connectivity index is 1.57. The summed E-state index contributed by atoms with van der Waals surface area (Å²) in [6.07, 6.45) is -3.18. The van der Waals surface area contributed by atoms with Gasteiger partial charge >= 0.3 is 17.8 Å². The number of nitrogens with zero attached hydrogens (tertiary/aromatic N) is 3. The Labute approximate surface area is 263 Å². The number of carbonyl (C=O) groups excluding carboxylic acids is 1. The van der Waals surface area contributed by atoms with Crippen LogP contribution < -0.4 is 24.4 Å². The minimum atomic E-state index is -4.78. The van der Waals surface area contributed by atoms with Crippen LogP contribution in [0.25, 0.3) is 6.08 Å². The first-order valence-electron chi connectivity index (χ1n) is 14.0. The third-order valence-electron chi connectivity index (χ3n) is 6.90. The first-order chi connectivity index (χ1) is 21.9. The molecule has 0 fully saturated rings. The van der Waals surface area contributed by atoms with E-state index in [1.807, 2.05) is 30.3 Å². The van der Waals surface area contributed by atoms with Gasteiger partial charge in [-0.15, -0.1) is 0 Å². The van der Waals surface area contributed by atoms with Crippen molar-refractivity contribution >= 4 is 29.1 Å². The average molecular weight is 654 g/mol. The highest BCUT2D eigenvalue weighted by Crippen LogP contribution is 2.40. The van der Waals surface area contributed by atoms with Gasteiger partial charge in [0.15, 0.2) is 16.3 Å². The minimum absolute atomic E-state index is 0.0158. The third kappa shape index (κ3) is 6.42. The van der Waals surface area contributed by atoms with E-state index in [0.717, 1.165) is 17.4 Å². The van der Waals surface area contributed by atoms with Crippen molar-refractivity contribution in [2.45, 2.75) is 33.0 Å². The van der Waals surface area contributed by atoms with E-state index in [0.29, 0.717) is 38.3 Å². The number of alkyl halides is 3. The van der Waals surface area contributed by atoms with Crippen LogP contribution in [0.4, 0.5) is 18.9 Å². The number of halogens is 3. The maximum absolute atomic E-state index is 13.9. The van der Waals surface area contributed by atoms with Crippen molar-refractivity contribution in [3.05, 3.63) is 124 Å². The summed E-state index contributed by atoms with van der Waals surface area (Å²) < 4.78 is 57.9. The number of benzene rings is 3. The van der Waals surface area contributed by atoms with Gasteiger partial charge in [0.2, 0.25) is 5.75 Å². The lowest BCUT2D eigenvalue weighted by atomic mass is 9.96. The molecule has 4 aromatic rings. The Kier molecular flexibility index (Phi) is 9.10. The van der Waals surface area contributed by atoms with Crippen LogP contribution in [-0.2, 0) is 15.7 Å². The molecule has 1 atom stereocenters. The zero-order valence-corrected chi connectivity index (χ0v) is 25.5. The lowest BCUT2D eigenvalue weighted by molar-refractivity contribution is -0.385. The van der Waals surface area contributed by atoms with Crippen LogP contribution in [0.15, 0.2) is 87.8 Å². The molecule has 0 radical (unpaired) electrons. The van der Waals surface area contributed by atoms with Gasteiger partial charge in [0.1, 0.15) is 0 Å². The Morgan fingerprint density at radius 2 is 1.76 bits per heavy atom. The van der Waals surface area contributed by atoms with Crippen molar-refractivity contribution in [3.63, 3.8) is 0 Å². The molecule has 0 spiro atoms. The van der Waals surface area contributed by atoms with Crippen LogP contribution in [0.2, 0.25) is 0 Å². The van der Waals surface area contributed by atoms with E-state index in [2.05, 4.69) is 4.99 Å². The number of rotatable bonds is 9. The van der Waals surface area contributed by atoms with Crippen molar-refractivity contribution in [2.24, 2.45) is 4.99 Å². The summed E-state index contributed by atoms with van der Waals surface area (Å²) in [5.74, 6) is -0.825. The molecule has 0 unspecified atom stereocenters. The molecule has 3 aromatic carbocycles. The summed E-state index contributed by atoms with van der Waals surface area (Å²) in [5, 5.41) is 11.6. The average Bonchev–Trinajstić information content (AvgIpc) is 3.31. The number of hydrogen-bond acceptors (Lipinski definition) is 9. The van der Waals surface area contributed by atoms with Crippen LogP contribution in [0, 0.1) is 10.1 Å². The van der Waals surface area contributed by atoms with E-state index >= 15 is 0 Å². The molecule has 0 bridgehead atoms. The first kappa shape index (κ1) is 32.2. The molecule has 14 heteroatoms. The molecular formula is C32H26F3N3O7S. The molecule has 2 heterocycles. The third-order valence-corrected chi connectivity index (χ3v) is 7.88. The van der Waals surface area contributed by atoms with Crippen molar-refractivity contribution in [3.8, 4) is 17.2 Å². The molecule has 1 aliphatic rings. The predicted molar refractivity (Wildman–Crippen MR) is 163 cm³/mol. The topological polar surface area (TPSA) is 122 Å². The Morgan fingerprint density at radius 3 is 2.41 bits per heavy atom. The van der Waals surface area contributed by atoms with E-state index in [9.17, 15) is 32.9 Å². The molecular weight excluding hydrogens is 627 g/mol. The van der Waals surface area contributed by atoms with E-state index < -0.39 is 45.7 Å². The van der Waals surface area contributed by atoms with Gasteiger partial charge in [-0.2, -0.15) is 13.2 Å². The number of esters is 1. The summed E-state index contributed by atoms with van der Waals surface area (Å²) in [5.41, 5.74) is -0.571. The van der Waals surface area contributed by atoms with Gasteiger partial charge in [-0.3, -0.25) is 19.5 Å². The highest BCUT2D eigenvalue weighted by atomic mass is 32.1. The molecule has 0 amide bonds. The lowest BCUT2D eigenvalue weighted by Gasteiger charge is -2.24. The second kappa shape index (κ2) is 13.0. The largest absolute Gasteiger partial charge is 0.490 e. The van der Waals surface area contributed by atoms with Gasteiger partial charge in [-0.05, 0) is 62.2 Å². The van der Waals surface area contributed by atoms with Crippen molar-refractivity contribution in [1.82, 2.24) is 4.57 Å². The number of aromatic nitrogens is 1. The minimum Gasteiger partial charge on any atom is -0.490 e. The maximum Gasteiger partial charge on any atom is 0.416 e. The second-order valence-electron chi connectivity index (χ2n) is 9.89. The molecule has 1 aromatic heterocycles. The Bertz CT molecular complexity index is 2040. The monoisotopic (exact) mass is 653 g/mol. The van der Waals surface area contributed by atoms with Gasteiger partial charge in [0, 0.05) is 6.07 Å². The first-order valence-corrected chi connectivity index (χ1v) is 14.8. The molecule has 46 heavy (non-hydrogen) atoms. The van der Waals surface area contributed by atoms with Gasteiger partial charge in [-0.25, -0.2) is 9.79 Å². The summed E-state index contributed by atoms with van der Waals surface area (Å²) in [4.78, 5) is 42.4. The van der Waals surface area contributed by atoms with Crippen LogP contribution in [-0.4, -0.2) is 28.7 Å². The fourth-order valence-corrected chi connectivity index (χ4v) is 5.95. The van der Waals surface area contributed by atoms with Gasteiger partial charge in [0.25, 0.3) is 5.56 Å². The number of allylic oxidation sites excluding steroid dienone is 1. The molecule has 0 aliphatic carbocycles. The highest BCUT2D eigenvalue weighted by Gasteiger charge is 2.34. The van der Waals surface area contributed by atoms with Crippen LogP contribution in [0.5, 0.6) is 17.2 Å². The summed E-state index contributed by atoms with van der Waals surface area (Å²) >= 11 is 1.12. The Hall–Kier alpha value is -5.24. The smallest absolute Gasteiger partial charge is 0.416 e. The van der Waals surface area contributed by atoms with Gasteiger partial charge in [-0.1, -0.05) is 47.7 Å². The summed E-state index contributed by atoms with van der Waals surface area (Å²) in [7, 11) is 0. The standard InChI is InChI=1S/C32H26F3N3O7S/c1-4-43-25-15-19(11-13-24(25)45-23-14-12-21(32(33,34)35)17-22(23)38(41)42)16-26-29(39)37-28(20-9-7-6-8-10-20)27(30(40)44-5-2)18(3)36-31(37)46-26/h6-17,28H,4-5H2,1-3H3/b26-16+/t28-/m1/s1. The van der Waals surface area contributed by atoms with E-state index in [-0.39, 0.29) is 30.3 Å². The van der Waals surface area contributed by atoms with Crippen molar-refractivity contribution in [1.29, 1.82) is 0 Å². The summed E-state index contributed by atoms with van der Waals surface area (Å²) in [6, 6.07) is 14.8. The number of nitro benzene ring substituents is 1. The normalized spacial score (nSPS) is 14.8. The number of hydrogen-bond donors (Lipinski definition) is 0. The molecule has 0 saturated heterocycles. The second-order valence-corrected chi connectivity index (χ2v) is 10.9.